The van der Waals surface area contributed by atoms with Gasteiger partial charge in [-0.3, -0.25) is 9.59 Å². The number of carbonyl (C=O) groups excluding carboxylic acids is 1. The molecule has 2 heterocycles. The molecule has 6 nitrogen and oxygen atoms in total. The molecule has 1 aliphatic heterocycles. The zero-order chi connectivity index (χ0) is 18.8. The Bertz CT molecular complexity index is 887. The van der Waals surface area contributed by atoms with Crippen molar-refractivity contribution in [2.45, 2.75) is 20.4 Å². The molecule has 1 fully saturated rings. The van der Waals surface area contributed by atoms with Crippen molar-refractivity contribution < 1.29 is 9.18 Å². The number of rotatable bonds is 4. The van der Waals surface area contributed by atoms with Crippen LogP contribution in [0.4, 0.5) is 10.1 Å². The third-order valence-electron chi connectivity index (χ3n) is 5.00. The fraction of sp³-hybridized carbons (Fsp3) is 0.474. The molecule has 1 aromatic carbocycles. The molecule has 0 bridgehead atoms. The Labute approximate surface area is 152 Å². The number of amides is 1. The number of aryl methyl sites for hydroxylation is 1. The summed E-state index contributed by atoms with van der Waals surface area (Å²) in [5.41, 5.74) is 0.826. The van der Waals surface area contributed by atoms with Gasteiger partial charge < -0.3 is 19.7 Å². The first-order valence-electron chi connectivity index (χ1n) is 9.05. The van der Waals surface area contributed by atoms with Crippen molar-refractivity contribution in [2.24, 2.45) is 0 Å². The maximum Gasteiger partial charge on any atom is 0.259 e. The third-order valence-corrected chi connectivity index (χ3v) is 5.00. The van der Waals surface area contributed by atoms with Crippen LogP contribution in [0.1, 0.15) is 24.2 Å². The smallest absolute Gasteiger partial charge is 0.259 e. The van der Waals surface area contributed by atoms with Crippen LogP contribution in [0.25, 0.3) is 10.9 Å². The van der Waals surface area contributed by atoms with Gasteiger partial charge in [0.05, 0.1) is 11.2 Å². The van der Waals surface area contributed by atoms with Crippen molar-refractivity contribution in [3.05, 3.63) is 39.9 Å². The Hall–Kier alpha value is -2.41. The Morgan fingerprint density at radius 3 is 2.58 bits per heavy atom. The molecule has 3 rings (SSSR count). The molecule has 26 heavy (non-hydrogen) atoms. The number of hydrogen-bond acceptors (Lipinski definition) is 4. The Morgan fingerprint density at radius 2 is 1.96 bits per heavy atom. The quantitative estimate of drug-likeness (QED) is 0.901. The van der Waals surface area contributed by atoms with Gasteiger partial charge in [0.2, 0.25) is 5.43 Å². The van der Waals surface area contributed by atoms with Crippen LogP contribution in [0.15, 0.2) is 23.1 Å². The van der Waals surface area contributed by atoms with Crippen LogP contribution >= 0.6 is 0 Å². The highest BCUT2D eigenvalue weighted by Gasteiger charge is 2.21. The molecule has 0 aliphatic carbocycles. The Morgan fingerprint density at radius 1 is 1.27 bits per heavy atom. The molecule has 1 amide bonds. The first kappa shape index (κ1) is 18.4. The molecular weight excluding hydrogens is 335 g/mol. The van der Waals surface area contributed by atoms with Crippen LogP contribution in [-0.2, 0) is 6.54 Å². The van der Waals surface area contributed by atoms with Gasteiger partial charge in [-0.05, 0) is 26.0 Å². The third kappa shape index (κ3) is 3.19. The van der Waals surface area contributed by atoms with Gasteiger partial charge in [0.15, 0.2) is 0 Å². The maximum absolute atomic E-state index is 14.8. The van der Waals surface area contributed by atoms with Gasteiger partial charge in [0, 0.05) is 57.9 Å². The van der Waals surface area contributed by atoms with Gasteiger partial charge in [-0.25, -0.2) is 4.39 Å². The molecule has 0 unspecified atom stereocenters. The van der Waals surface area contributed by atoms with E-state index in [1.807, 2.05) is 23.3 Å². The van der Waals surface area contributed by atoms with Crippen molar-refractivity contribution in [3.63, 3.8) is 0 Å². The fourth-order valence-electron chi connectivity index (χ4n) is 3.31. The van der Waals surface area contributed by atoms with E-state index in [4.69, 9.17) is 0 Å². The normalized spacial score (nSPS) is 14.7. The summed E-state index contributed by atoms with van der Waals surface area (Å²) in [5, 5.41) is 3.50. The highest BCUT2D eigenvalue weighted by Crippen LogP contribution is 2.25. The van der Waals surface area contributed by atoms with Gasteiger partial charge in [-0.1, -0.05) is 0 Å². The second-order valence-corrected chi connectivity index (χ2v) is 6.54. The lowest BCUT2D eigenvalue weighted by Gasteiger charge is -2.30. The molecule has 0 saturated carbocycles. The van der Waals surface area contributed by atoms with Crippen molar-refractivity contribution >= 4 is 22.5 Å². The van der Waals surface area contributed by atoms with E-state index in [9.17, 15) is 14.0 Å². The van der Waals surface area contributed by atoms with Crippen molar-refractivity contribution in [1.29, 1.82) is 0 Å². The zero-order valence-corrected chi connectivity index (χ0v) is 15.5. The van der Waals surface area contributed by atoms with Crippen molar-refractivity contribution in [2.75, 3.05) is 44.7 Å². The fourth-order valence-corrected chi connectivity index (χ4v) is 3.31. The number of nitrogens with zero attached hydrogens (tertiary/aromatic N) is 3. The summed E-state index contributed by atoms with van der Waals surface area (Å²) in [4.78, 5) is 28.8. The lowest BCUT2D eigenvalue weighted by atomic mass is 10.1. The van der Waals surface area contributed by atoms with Crippen LogP contribution in [-0.4, -0.2) is 55.1 Å². The molecule has 1 N–H and O–H groups in total. The number of piperazine rings is 1. The van der Waals surface area contributed by atoms with E-state index in [1.54, 1.807) is 19.3 Å². The van der Waals surface area contributed by atoms with Crippen LogP contribution in [0.2, 0.25) is 0 Å². The van der Waals surface area contributed by atoms with Gasteiger partial charge in [0.25, 0.3) is 5.91 Å². The lowest BCUT2D eigenvalue weighted by molar-refractivity contribution is 0.0800. The summed E-state index contributed by atoms with van der Waals surface area (Å²) < 4.78 is 16.6. The first-order chi connectivity index (χ1) is 12.5. The average molecular weight is 360 g/mol. The van der Waals surface area contributed by atoms with Crippen molar-refractivity contribution in [3.8, 4) is 0 Å². The molecule has 2 aromatic rings. The van der Waals surface area contributed by atoms with E-state index in [0.29, 0.717) is 24.3 Å². The molecule has 0 radical (unpaired) electrons. The number of anilines is 1. The van der Waals surface area contributed by atoms with Crippen molar-refractivity contribution in [1.82, 2.24) is 14.8 Å². The largest absolute Gasteiger partial charge is 0.367 e. The van der Waals surface area contributed by atoms with E-state index in [-0.39, 0.29) is 16.9 Å². The summed E-state index contributed by atoms with van der Waals surface area (Å²) in [5.74, 6) is -0.763. The minimum absolute atomic E-state index is 0.0815. The minimum atomic E-state index is -0.424. The lowest BCUT2D eigenvalue weighted by Crippen LogP contribution is -2.44. The van der Waals surface area contributed by atoms with Gasteiger partial charge >= 0.3 is 0 Å². The SMILES string of the molecule is CCN(C)C(=O)c1cn(CC)c2cc(N3CCNCC3)c(F)cc2c1=O. The number of halogens is 1. The number of benzene rings is 1. The van der Waals surface area contributed by atoms with E-state index in [1.165, 1.54) is 11.0 Å². The monoisotopic (exact) mass is 360 g/mol. The number of pyridine rings is 1. The van der Waals surface area contributed by atoms with E-state index in [2.05, 4.69) is 5.32 Å². The highest BCUT2D eigenvalue weighted by atomic mass is 19.1. The molecule has 0 spiro atoms. The standard InChI is InChI=1S/C19H25FN4O2/c1-4-22(3)19(26)14-12-23(5-2)16-11-17(24-8-6-21-7-9-24)15(20)10-13(16)18(14)25/h10-12,21H,4-9H2,1-3H3. The van der Waals surface area contributed by atoms with Gasteiger partial charge in [-0.2, -0.15) is 0 Å². The second kappa shape index (κ2) is 7.45. The molecule has 1 aromatic heterocycles. The number of carbonyl (C=O) groups is 1. The molecule has 140 valence electrons. The van der Waals surface area contributed by atoms with Gasteiger partial charge in [-0.15, -0.1) is 0 Å². The Balaban J connectivity index is 2.19. The van der Waals surface area contributed by atoms with Crippen LogP contribution in [0, 0.1) is 5.82 Å². The first-order valence-corrected chi connectivity index (χ1v) is 9.05. The van der Waals surface area contributed by atoms with E-state index >= 15 is 0 Å². The summed E-state index contributed by atoms with van der Waals surface area (Å²) >= 11 is 0. The number of aromatic nitrogens is 1. The summed E-state index contributed by atoms with van der Waals surface area (Å²) in [6, 6.07) is 3.02. The van der Waals surface area contributed by atoms with Crippen LogP contribution < -0.4 is 15.6 Å². The second-order valence-electron chi connectivity index (χ2n) is 6.54. The molecule has 1 saturated heterocycles. The predicted octanol–water partition coefficient (Wildman–Crippen LogP) is 1.66. The van der Waals surface area contributed by atoms with E-state index < -0.39 is 11.2 Å². The number of fused-ring (bicyclic) bond motifs is 1. The van der Waals surface area contributed by atoms with Crippen LogP contribution in [0.5, 0.6) is 0 Å². The summed E-state index contributed by atoms with van der Waals surface area (Å²) in [6.07, 6.45) is 1.60. The predicted molar refractivity (Wildman–Crippen MR) is 102 cm³/mol. The Kier molecular flexibility index (Phi) is 5.27. The molecule has 1 aliphatic rings. The molecule has 7 heteroatoms. The molecule has 0 atom stereocenters. The van der Waals surface area contributed by atoms with Gasteiger partial charge in [0.1, 0.15) is 11.4 Å². The number of nitrogens with one attached hydrogen (secondary N) is 1. The topological polar surface area (TPSA) is 57.6 Å². The minimum Gasteiger partial charge on any atom is -0.367 e. The summed E-state index contributed by atoms with van der Waals surface area (Å²) in [7, 11) is 1.65. The summed E-state index contributed by atoms with van der Waals surface area (Å²) in [6.45, 7) is 7.90. The van der Waals surface area contributed by atoms with E-state index in [0.717, 1.165) is 26.2 Å². The molecular formula is C19H25FN4O2. The zero-order valence-electron chi connectivity index (χ0n) is 15.5. The highest BCUT2D eigenvalue weighted by molar-refractivity contribution is 5.97. The maximum atomic E-state index is 14.8. The van der Waals surface area contributed by atoms with Crippen LogP contribution in [0.3, 0.4) is 0 Å². The average Bonchev–Trinajstić information content (AvgIpc) is 2.67. The number of hydrogen-bond donors (Lipinski definition) is 1.